The van der Waals surface area contributed by atoms with Crippen molar-refractivity contribution in [1.29, 1.82) is 0 Å². The van der Waals surface area contributed by atoms with Crippen LogP contribution in [0, 0.1) is 0 Å². The Morgan fingerprint density at radius 2 is 1.75 bits per heavy atom. The molecule has 4 rings (SSSR count). The van der Waals surface area contributed by atoms with E-state index in [2.05, 4.69) is 5.10 Å². The molecule has 7 heteroatoms. The Morgan fingerprint density at radius 3 is 2.43 bits per heavy atom. The molecule has 0 saturated carbocycles. The standard InChI is InChI=1S/C21H23BN2O4/c1-20(2)21(3,4)28-22(27-20)17-10-11-18-16(12-17)13-23-24(18)19(25)26-14-15-8-6-5-7-9-15/h5-13H,14H2,1-4H3. The molecule has 3 aromatic rings. The van der Waals surface area contributed by atoms with Crippen molar-refractivity contribution < 1.29 is 18.8 Å². The van der Waals surface area contributed by atoms with E-state index in [9.17, 15) is 4.79 Å². The van der Waals surface area contributed by atoms with Crippen LogP contribution in [-0.2, 0) is 20.7 Å². The molecule has 0 N–H and O–H groups in total. The van der Waals surface area contributed by atoms with Gasteiger partial charge in [0.2, 0.25) is 0 Å². The summed E-state index contributed by atoms with van der Waals surface area (Å²) in [5.74, 6) is 0. The van der Waals surface area contributed by atoms with Gasteiger partial charge in [0.1, 0.15) is 6.61 Å². The van der Waals surface area contributed by atoms with E-state index >= 15 is 0 Å². The van der Waals surface area contributed by atoms with Gasteiger partial charge in [0, 0.05) is 5.39 Å². The molecule has 2 heterocycles. The minimum Gasteiger partial charge on any atom is -0.443 e. The van der Waals surface area contributed by atoms with Crippen LogP contribution in [0.3, 0.4) is 0 Å². The van der Waals surface area contributed by atoms with Crippen molar-refractivity contribution in [3.8, 4) is 0 Å². The van der Waals surface area contributed by atoms with E-state index in [1.807, 2.05) is 76.2 Å². The highest BCUT2D eigenvalue weighted by Crippen LogP contribution is 2.36. The lowest BCUT2D eigenvalue weighted by Crippen LogP contribution is -2.41. The first-order chi connectivity index (χ1) is 13.3. The zero-order valence-electron chi connectivity index (χ0n) is 16.5. The molecule has 0 unspecified atom stereocenters. The van der Waals surface area contributed by atoms with E-state index in [4.69, 9.17) is 14.0 Å². The first kappa shape index (κ1) is 18.7. The van der Waals surface area contributed by atoms with Crippen LogP contribution in [0.2, 0.25) is 0 Å². The number of fused-ring (bicyclic) bond motifs is 1. The number of carbonyl (C=O) groups excluding carboxylic acids is 1. The molecule has 144 valence electrons. The third-order valence-corrected chi connectivity index (χ3v) is 5.50. The maximum absolute atomic E-state index is 12.4. The monoisotopic (exact) mass is 378 g/mol. The summed E-state index contributed by atoms with van der Waals surface area (Å²) in [7, 11) is -0.456. The first-order valence-electron chi connectivity index (χ1n) is 9.31. The predicted molar refractivity (Wildman–Crippen MR) is 107 cm³/mol. The first-order valence-corrected chi connectivity index (χ1v) is 9.31. The normalized spacial score (nSPS) is 17.8. The largest absolute Gasteiger partial charge is 0.494 e. The fourth-order valence-electron chi connectivity index (χ4n) is 3.10. The van der Waals surface area contributed by atoms with Crippen molar-refractivity contribution in [2.45, 2.75) is 45.5 Å². The van der Waals surface area contributed by atoms with Crippen molar-refractivity contribution in [3.63, 3.8) is 0 Å². The molecule has 1 saturated heterocycles. The van der Waals surface area contributed by atoms with Gasteiger partial charge in [0.05, 0.1) is 22.9 Å². The number of rotatable bonds is 3. The number of ether oxygens (including phenoxy) is 1. The Labute approximate surface area is 164 Å². The molecule has 0 bridgehead atoms. The molecule has 0 atom stereocenters. The molecular formula is C21H23BN2O4. The maximum atomic E-state index is 12.4. The third-order valence-electron chi connectivity index (χ3n) is 5.50. The molecule has 2 aromatic carbocycles. The maximum Gasteiger partial charge on any atom is 0.494 e. The van der Waals surface area contributed by atoms with Crippen LogP contribution >= 0.6 is 0 Å². The molecule has 0 radical (unpaired) electrons. The summed E-state index contributed by atoms with van der Waals surface area (Å²) in [4.78, 5) is 12.4. The van der Waals surface area contributed by atoms with Gasteiger partial charge in [-0.1, -0.05) is 42.5 Å². The third kappa shape index (κ3) is 3.32. The molecular weight excluding hydrogens is 355 g/mol. The number of hydrogen-bond acceptors (Lipinski definition) is 5. The fraction of sp³-hybridized carbons (Fsp3) is 0.333. The Balaban J connectivity index is 1.53. The SMILES string of the molecule is CC1(C)OB(c2ccc3c(cnn3C(=O)OCc3ccccc3)c2)OC1(C)C. The van der Waals surface area contributed by atoms with Gasteiger partial charge in [-0.25, -0.2) is 4.79 Å². The van der Waals surface area contributed by atoms with Crippen LogP contribution in [0.5, 0.6) is 0 Å². The summed E-state index contributed by atoms with van der Waals surface area (Å²) >= 11 is 0. The molecule has 1 fully saturated rings. The molecule has 1 aliphatic heterocycles. The van der Waals surface area contributed by atoms with Crippen LogP contribution < -0.4 is 5.46 Å². The summed E-state index contributed by atoms with van der Waals surface area (Å²) in [5, 5.41) is 5.02. The Bertz CT molecular complexity index is 998. The van der Waals surface area contributed by atoms with E-state index in [1.54, 1.807) is 6.20 Å². The van der Waals surface area contributed by atoms with Crippen molar-refractivity contribution in [2.24, 2.45) is 0 Å². The van der Waals surface area contributed by atoms with Gasteiger partial charge >= 0.3 is 13.2 Å². The number of carbonyl (C=O) groups is 1. The summed E-state index contributed by atoms with van der Waals surface area (Å²) in [6.45, 7) is 8.28. The lowest BCUT2D eigenvalue weighted by molar-refractivity contribution is 0.00578. The molecule has 0 amide bonds. The Kier molecular flexibility index (Phi) is 4.52. The highest BCUT2D eigenvalue weighted by atomic mass is 16.7. The topological polar surface area (TPSA) is 62.6 Å². The zero-order valence-corrected chi connectivity index (χ0v) is 16.5. The van der Waals surface area contributed by atoms with Crippen molar-refractivity contribution in [2.75, 3.05) is 0 Å². The number of nitrogens with zero attached hydrogens (tertiary/aromatic N) is 2. The van der Waals surface area contributed by atoms with E-state index in [-0.39, 0.29) is 6.61 Å². The van der Waals surface area contributed by atoms with Gasteiger partial charge in [0.25, 0.3) is 0 Å². The second-order valence-corrected chi connectivity index (χ2v) is 8.00. The van der Waals surface area contributed by atoms with Crippen LogP contribution in [0.25, 0.3) is 10.9 Å². The lowest BCUT2D eigenvalue weighted by Gasteiger charge is -2.32. The molecule has 0 spiro atoms. The van der Waals surface area contributed by atoms with E-state index in [1.165, 1.54) is 4.68 Å². The van der Waals surface area contributed by atoms with Crippen LogP contribution in [-0.4, -0.2) is 34.2 Å². The van der Waals surface area contributed by atoms with Gasteiger partial charge in [0.15, 0.2) is 0 Å². The smallest absolute Gasteiger partial charge is 0.443 e. The lowest BCUT2D eigenvalue weighted by atomic mass is 9.79. The summed E-state index contributed by atoms with van der Waals surface area (Å²) in [6.07, 6.45) is 1.13. The molecule has 6 nitrogen and oxygen atoms in total. The minimum atomic E-state index is -0.512. The van der Waals surface area contributed by atoms with Crippen LogP contribution in [0.1, 0.15) is 33.3 Å². The number of benzene rings is 2. The summed E-state index contributed by atoms with van der Waals surface area (Å²) in [6, 6.07) is 15.2. The summed E-state index contributed by atoms with van der Waals surface area (Å²) < 4.78 is 18.8. The predicted octanol–water partition coefficient (Wildman–Crippen LogP) is 3.52. The van der Waals surface area contributed by atoms with Crippen molar-refractivity contribution >= 4 is 29.6 Å². The average Bonchev–Trinajstić information content (AvgIpc) is 3.18. The van der Waals surface area contributed by atoms with E-state index < -0.39 is 24.4 Å². The summed E-state index contributed by atoms with van der Waals surface area (Å²) in [5.41, 5.74) is 1.69. The van der Waals surface area contributed by atoms with Crippen LogP contribution in [0.4, 0.5) is 4.79 Å². The Morgan fingerprint density at radius 1 is 1.07 bits per heavy atom. The number of aromatic nitrogens is 2. The van der Waals surface area contributed by atoms with E-state index in [0.29, 0.717) is 5.52 Å². The van der Waals surface area contributed by atoms with Gasteiger partial charge in [-0.15, -0.1) is 0 Å². The van der Waals surface area contributed by atoms with E-state index in [0.717, 1.165) is 16.4 Å². The Hall–Kier alpha value is -2.64. The highest BCUT2D eigenvalue weighted by molar-refractivity contribution is 6.62. The van der Waals surface area contributed by atoms with Gasteiger partial charge in [-0.05, 0) is 44.8 Å². The highest BCUT2D eigenvalue weighted by Gasteiger charge is 2.51. The quantitative estimate of drug-likeness (QED) is 0.653. The van der Waals surface area contributed by atoms with Crippen LogP contribution in [0.15, 0.2) is 54.7 Å². The molecule has 1 aromatic heterocycles. The molecule has 0 aliphatic carbocycles. The molecule has 28 heavy (non-hydrogen) atoms. The van der Waals surface area contributed by atoms with Gasteiger partial charge < -0.3 is 14.0 Å². The van der Waals surface area contributed by atoms with Gasteiger partial charge in [-0.2, -0.15) is 9.78 Å². The second kappa shape index (κ2) is 6.76. The van der Waals surface area contributed by atoms with Crippen molar-refractivity contribution in [3.05, 3.63) is 60.3 Å². The average molecular weight is 378 g/mol. The van der Waals surface area contributed by atoms with Gasteiger partial charge in [-0.3, -0.25) is 0 Å². The minimum absolute atomic E-state index is 0.201. The number of hydrogen-bond donors (Lipinski definition) is 0. The fourth-order valence-corrected chi connectivity index (χ4v) is 3.10. The zero-order chi connectivity index (χ0) is 19.9. The second-order valence-electron chi connectivity index (χ2n) is 8.00. The van der Waals surface area contributed by atoms with Crippen molar-refractivity contribution in [1.82, 2.24) is 9.78 Å². The molecule has 1 aliphatic rings.